The minimum atomic E-state index is -0.734. The summed E-state index contributed by atoms with van der Waals surface area (Å²) in [6.45, 7) is 7.05. The first-order chi connectivity index (χ1) is 17.2. The molecule has 0 spiro atoms. The van der Waals surface area contributed by atoms with Crippen molar-refractivity contribution in [3.8, 4) is 0 Å². The minimum absolute atomic E-state index is 0.125. The summed E-state index contributed by atoms with van der Waals surface area (Å²) in [6.07, 6.45) is 3.82. The SMILES string of the molecule is CC(OCC(O)CNC(C)(C)Cc1ccc2ccccc2c1)c1ccccc1CCCCCC(=O)O. The van der Waals surface area contributed by atoms with Gasteiger partial charge in [0.2, 0.25) is 0 Å². The van der Waals surface area contributed by atoms with Crippen molar-refractivity contribution in [1.29, 1.82) is 0 Å². The number of carboxylic acid groups (broad SMARTS) is 1. The number of aryl methyl sites for hydroxylation is 1. The van der Waals surface area contributed by atoms with Crippen LogP contribution in [0.15, 0.2) is 66.7 Å². The Morgan fingerprint density at radius 3 is 2.47 bits per heavy atom. The topological polar surface area (TPSA) is 78.8 Å². The molecule has 5 nitrogen and oxygen atoms in total. The molecule has 0 saturated heterocycles. The van der Waals surface area contributed by atoms with Crippen molar-refractivity contribution in [2.24, 2.45) is 0 Å². The molecule has 5 heteroatoms. The molecule has 0 saturated carbocycles. The number of fused-ring (bicyclic) bond motifs is 1. The number of benzene rings is 3. The molecule has 3 aromatic rings. The van der Waals surface area contributed by atoms with E-state index < -0.39 is 12.1 Å². The predicted molar refractivity (Wildman–Crippen MR) is 146 cm³/mol. The van der Waals surface area contributed by atoms with Crippen LogP contribution in [0.25, 0.3) is 10.8 Å². The van der Waals surface area contributed by atoms with Crippen LogP contribution in [0.4, 0.5) is 0 Å². The molecule has 194 valence electrons. The van der Waals surface area contributed by atoms with Gasteiger partial charge in [0.15, 0.2) is 0 Å². The highest BCUT2D eigenvalue weighted by Crippen LogP contribution is 2.24. The van der Waals surface area contributed by atoms with Gasteiger partial charge in [0.05, 0.1) is 18.8 Å². The van der Waals surface area contributed by atoms with Crippen LogP contribution in [-0.4, -0.2) is 41.0 Å². The number of rotatable bonds is 15. The lowest BCUT2D eigenvalue weighted by atomic mass is 9.93. The predicted octanol–water partition coefficient (Wildman–Crippen LogP) is 6.08. The molecule has 0 fully saturated rings. The third-order valence-corrected chi connectivity index (χ3v) is 6.64. The number of carbonyl (C=O) groups is 1. The summed E-state index contributed by atoms with van der Waals surface area (Å²) in [5.41, 5.74) is 3.46. The molecule has 2 unspecified atom stereocenters. The smallest absolute Gasteiger partial charge is 0.303 e. The molecule has 2 atom stereocenters. The lowest BCUT2D eigenvalue weighted by molar-refractivity contribution is -0.137. The number of aliphatic carboxylic acids is 1. The number of aliphatic hydroxyl groups is 1. The minimum Gasteiger partial charge on any atom is -0.481 e. The number of aliphatic hydroxyl groups excluding tert-OH is 1. The second-order valence-electron chi connectivity index (χ2n) is 10.4. The number of unbranched alkanes of at least 4 members (excludes halogenated alkanes) is 2. The van der Waals surface area contributed by atoms with Crippen molar-refractivity contribution in [3.63, 3.8) is 0 Å². The van der Waals surface area contributed by atoms with Crippen LogP contribution >= 0.6 is 0 Å². The lowest BCUT2D eigenvalue weighted by Crippen LogP contribution is -2.46. The van der Waals surface area contributed by atoms with Gasteiger partial charge in [0.25, 0.3) is 0 Å². The van der Waals surface area contributed by atoms with Crippen LogP contribution < -0.4 is 5.32 Å². The fraction of sp³-hybridized carbons (Fsp3) is 0.452. The molecule has 0 bridgehead atoms. The Morgan fingerprint density at radius 2 is 1.69 bits per heavy atom. The Hall–Kier alpha value is -2.73. The molecule has 3 rings (SSSR count). The Bertz CT molecular complexity index is 1110. The molecule has 0 heterocycles. The summed E-state index contributed by atoms with van der Waals surface area (Å²) in [6, 6.07) is 23.2. The molecule has 0 aliphatic rings. The molecule has 0 aliphatic carbocycles. The van der Waals surface area contributed by atoms with Crippen molar-refractivity contribution < 1.29 is 19.7 Å². The first-order valence-corrected chi connectivity index (χ1v) is 13.1. The Balaban J connectivity index is 1.44. The third-order valence-electron chi connectivity index (χ3n) is 6.64. The standard InChI is InChI=1S/C31H41NO4/c1-23(29-15-10-9-13-26(29)12-5-4-6-16-30(34)35)36-22-28(33)21-32-31(2,3)20-24-17-18-25-11-7-8-14-27(25)19-24/h7-11,13-15,17-19,23,28,32-33H,4-6,12,16,20-22H2,1-3H3,(H,34,35). The molecule has 3 N–H and O–H groups in total. The van der Waals surface area contributed by atoms with Gasteiger partial charge in [0, 0.05) is 18.5 Å². The largest absolute Gasteiger partial charge is 0.481 e. The second kappa shape index (κ2) is 13.5. The fourth-order valence-corrected chi connectivity index (χ4v) is 4.65. The van der Waals surface area contributed by atoms with E-state index in [1.807, 2.05) is 19.1 Å². The number of carboxylic acids is 1. The van der Waals surface area contributed by atoms with Crippen molar-refractivity contribution in [2.45, 2.75) is 77.0 Å². The molecule has 0 amide bonds. The molecule has 36 heavy (non-hydrogen) atoms. The van der Waals surface area contributed by atoms with Crippen LogP contribution in [0.3, 0.4) is 0 Å². The number of hydrogen-bond donors (Lipinski definition) is 3. The van der Waals surface area contributed by atoms with E-state index in [1.165, 1.54) is 21.9 Å². The van der Waals surface area contributed by atoms with Crippen molar-refractivity contribution in [1.82, 2.24) is 5.32 Å². The monoisotopic (exact) mass is 491 g/mol. The zero-order chi connectivity index (χ0) is 26.0. The third kappa shape index (κ3) is 9.05. The molecule has 0 aliphatic heterocycles. The number of hydrogen-bond acceptors (Lipinski definition) is 4. The van der Waals surface area contributed by atoms with Crippen molar-refractivity contribution in [2.75, 3.05) is 13.2 Å². The van der Waals surface area contributed by atoms with Crippen LogP contribution in [-0.2, 0) is 22.4 Å². The van der Waals surface area contributed by atoms with Crippen LogP contribution in [0.5, 0.6) is 0 Å². The number of β-amino-alcohol motifs (C(OH)–C–C–N with tert-alkyl or cyclic N) is 1. The first kappa shape index (κ1) is 27.9. The molecule has 3 aromatic carbocycles. The Labute approximate surface area is 215 Å². The average Bonchev–Trinajstić information content (AvgIpc) is 2.85. The summed E-state index contributed by atoms with van der Waals surface area (Å²) in [5.74, 6) is -0.734. The van der Waals surface area contributed by atoms with Crippen LogP contribution in [0, 0.1) is 0 Å². The maximum atomic E-state index is 10.7. The van der Waals surface area contributed by atoms with E-state index in [1.54, 1.807) is 0 Å². The summed E-state index contributed by atoms with van der Waals surface area (Å²) >= 11 is 0. The van der Waals surface area contributed by atoms with E-state index >= 15 is 0 Å². The van der Waals surface area contributed by atoms with E-state index in [2.05, 4.69) is 73.8 Å². The maximum absolute atomic E-state index is 10.7. The first-order valence-electron chi connectivity index (χ1n) is 13.1. The number of ether oxygens (including phenoxy) is 1. The summed E-state index contributed by atoms with van der Waals surface area (Å²) in [4.78, 5) is 10.7. The highest BCUT2D eigenvalue weighted by molar-refractivity contribution is 5.83. The zero-order valence-corrected chi connectivity index (χ0v) is 21.9. The molecule has 0 radical (unpaired) electrons. The van der Waals surface area contributed by atoms with Crippen LogP contribution in [0.2, 0.25) is 0 Å². The quantitative estimate of drug-likeness (QED) is 0.225. The molecular formula is C31H41NO4. The van der Waals surface area contributed by atoms with Crippen molar-refractivity contribution in [3.05, 3.63) is 83.4 Å². The van der Waals surface area contributed by atoms with Crippen LogP contribution in [0.1, 0.15) is 69.2 Å². The Kier molecular flexibility index (Phi) is 10.5. The molecule has 0 aromatic heterocycles. The van der Waals surface area contributed by atoms with Gasteiger partial charge in [-0.05, 0) is 73.9 Å². The van der Waals surface area contributed by atoms with Crippen molar-refractivity contribution >= 4 is 16.7 Å². The normalized spacial score (nSPS) is 13.6. The van der Waals surface area contributed by atoms with E-state index in [4.69, 9.17) is 9.84 Å². The summed E-state index contributed by atoms with van der Waals surface area (Å²) in [5, 5.41) is 25.4. The van der Waals surface area contributed by atoms with Gasteiger partial charge >= 0.3 is 5.97 Å². The highest BCUT2D eigenvalue weighted by atomic mass is 16.5. The maximum Gasteiger partial charge on any atom is 0.303 e. The fourth-order valence-electron chi connectivity index (χ4n) is 4.65. The van der Waals surface area contributed by atoms with Gasteiger partial charge in [-0.15, -0.1) is 0 Å². The van der Waals surface area contributed by atoms with E-state index in [0.717, 1.165) is 31.2 Å². The van der Waals surface area contributed by atoms with E-state index in [-0.39, 0.29) is 24.7 Å². The van der Waals surface area contributed by atoms with Gasteiger partial charge in [-0.3, -0.25) is 4.79 Å². The highest BCUT2D eigenvalue weighted by Gasteiger charge is 2.20. The van der Waals surface area contributed by atoms with Gasteiger partial charge in [-0.2, -0.15) is 0 Å². The lowest BCUT2D eigenvalue weighted by Gasteiger charge is -2.28. The Morgan fingerprint density at radius 1 is 0.972 bits per heavy atom. The van der Waals surface area contributed by atoms with E-state index in [9.17, 15) is 9.90 Å². The number of nitrogens with one attached hydrogen (secondary N) is 1. The molecular weight excluding hydrogens is 450 g/mol. The second-order valence-corrected chi connectivity index (χ2v) is 10.4. The van der Waals surface area contributed by atoms with Gasteiger partial charge in [-0.1, -0.05) is 73.2 Å². The van der Waals surface area contributed by atoms with E-state index in [0.29, 0.717) is 13.0 Å². The average molecular weight is 492 g/mol. The summed E-state index contributed by atoms with van der Waals surface area (Å²) in [7, 11) is 0. The van der Waals surface area contributed by atoms with Gasteiger partial charge < -0.3 is 20.3 Å². The zero-order valence-electron chi connectivity index (χ0n) is 21.9. The summed E-state index contributed by atoms with van der Waals surface area (Å²) < 4.78 is 6.05. The van der Waals surface area contributed by atoms with Gasteiger partial charge in [0.1, 0.15) is 0 Å². The van der Waals surface area contributed by atoms with Gasteiger partial charge in [-0.25, -0.2) is 0 Å².